The lowest BCUT2D eigenvalue weighted by Gasteiger charge is -2.29. The fourth-order valence-corrected chi connectivity index (χ4v) is 3.80. The van der Waals surface area contributed by atoms with E-state index in [-0.39, 0.29) is 0 Å². The summed E-state index contributed by atoms with van der Waals surface area (Å²) in [6, 6.07) is 8.07. The Morgan fingerprint density at radius 1 is 0.967 bits per heavy atom. The van der Waals surface area contributed by atoms with Crippen molar-refractivity contribution in [2.24, 2.45) is 0 Å². The van der Waals surface area contributed by atoms with Gasteiger partial charge in [0.05, 0.1) is 44.4 Å². The van der Waals surface area contributed by atoms with Gasteiger partial charge in [0.15, 0.2) is 11.6 Å². The first-order valence-electron chi connectivity index (χ1n) is 9.94. The summed E-state index contributed by atoms with van der Waals surface area (Å²) in [6.45, 7) is 4.07. The molecule has 0 amide bonds. The van der Waals surface area contributed by atoms with E-state index < -0.39 is 5.82 Å². The quantitative estimate of drug-likeness (QED) is 0.707. The Morgan fingerprint density at radius 3 is 2.40 bits per heavy atom. The van der Waals surface area contributed by atoms with Crippen molar-refractivity contribution in [1.29, 1.82) is 0 Å². The normalized spacial score (nSPS) is 15.9. The SMILES string of the molecule is CNc1ccc(-c2nc3c(c(N4CCOCC4)n2)CN(c2ncc(F)cn2)C3)cc1. The number of anilines is 3. The van der Waals surface area contributed by atoms with E-state index in [1.54, 1.807) is 0 Å². The summed E-state index contributed by atoms with van der Waals surface area (Å²) in [5, 5.41) is 3.13. The molecule has 5 rings (SSSR count). The molecule has 2 aromatic heterocycles. The van der Waals surface area contributed by atoms with Crippen LogP contribution in [0.15, 0.2) is 36.7 Å². The molecule has 30 heavy (non-hydrogen) atoms. The maximum Gasteiger partial charge on any atom is 0.226 e. The standard InChI is InChI=1S/C21H22FN7O/c1-23-16-4-2-14(3-5-16)19-26-18-13-29(21-24-10-15(22)11-25-21)12-17(18)20(27-19)28-6-8-30-9-7-28/h2-5,10-11,23H,6-9,12-13H2,1H3. The van der Waals surface area contributed by atoms with Gasteiger partial charge in [0.1, 0.15) is 5.82 Å². The number of hydrogen-bond acceptors (Lipinski definition) is 8. The summed E-state index contributed by atoms with van der Waals surface area (Å²) >= 11 is 0. The Kier molecular flexibility index (Phi) is 4.88. The number of hydrogen-bond donors (Lipinski definition) is 1. The number of morpholine rings is 1. The summed E-state index contributed by atoms with van der Waals surface area (Å²) < 4.78 is 18.8. The van der Waals surface area contributed by atoms with E-state index in [1.807, 2.05) is 36.2 Å². The Bertz CT molecular complexity index is 1040. The molecule has 0 bridgehead atoms. The van der Waals surface area contributed by atoms with Crippen LogP contribution in [0.3, 0.4) is 0 Å². The molecule has 0 spiro atoms. The molecule has 8 nitrogen and oxygen atoms in total. The van der Waals surface area contributed by atoms with Crippen LogP contribution < -0.4 is 15.1 Å². The molecular formula is C21H22FN7O. The minimum atomic E-state index is -0.448. The van der Waals surface area contributed by atoms with Gasteiger partial charge in [-0.3, -0.25) is 0 Å². The second kappa shape index (κ2) is 7.83. The molecule has 0 atom stereocenters. The zero-order valence-corrected chi connectivity index (χ0v) is 16.7. The first-order chi connectivity index (χ1) is 14.7. The van der Waals surface area contributed by atoms with Gasteiger partial charge in [-0.1, -0.05) is 0 Å². The molecule has 4 heterocycles. The highest BCUT2D eigenvalue weighted by atomic mass is 19.1. The maximum absolute atomic E-state index is 13.2. The average molecular weight is 407 g/mol. The zero-order chi connectivity index (χ0) is 20.5. The van der Waals surface area contributed by atoms with Crippen LogP contribution in [0.2, 0.25) is 0 Å². The van der Waals surface area contributed by atoms with Crippen molar-refractivity contribution in [2.75, 3.05) is 48.5 Å². The van der Waals surface area contributed by atoms with Crippen molar-refractivity contribution in [2.45, 2.75) is 13.1 Å². The van der Waals surface area contributed by atoms with Crippen LogP contribution in [0.25, 0.3) is 11.4 Å². The molecule has 2 aliphatic rings. The summed E-state index contributed by atoms with van der Waals surface area (Å²) in [7, 11) is 1.89. The van der Waals surface area contributed by atoms with E-state index in [4.69, 9.17) is 14.7 Å². The van der Waals surface area contributed by atoms with Crippen LogP contribution in [-0.4, -0.2) is 53.3 Å². The summed E-state index contributed by atoms with van der Waals surface area (Å²) in [4.78, 5) is 22.3. The smallest absolute Gasteiger partial charge is 0.226 e. The van der Waals surface area contributed by atoms with E-state index in [0.29, 0.717) is 38.1 Å². The molecule has 1 N–H and O–H groups in total. The van der Waals surface area contributed by atoms with Gasteiger partial charge in [0, 0.05) is 37.0 Å². The van der Waals surface area contributed by atoms with Gasteiger partial charge in [-0.15, -0.1) is 0 Å². The fraction of sp³-hybridized carbons (Fsp3) is 0.333. The minimum absolute atomic E-state index is 0.448. The molecule has 1 fully saturated rings. The lowest BCUT2D eigenvalue weighted by molar-refractivity contribution is 0.122. The Balaban J connectivity index is 1.54. The van der Waals surface area contributed by atoms with Gasteiger partial charge in [0.2, 0.25) is 5.95 Å². The van der Waals surface area contributed by atoms with Gasteiger partial charge in [-0.05, 0) is 24.3 Å². The van der Waals surface area contributed by atoms with Crippen molar-refractivity contribution in [3.8, 4) is 11.4 Å². The van der Waals surface area contributed by atoms with Gasteiger partial charge in [-0.25, -0.2) is 24.3 Å². The van der Waals surface area contributed by atoms with Crippen LogP contribution >= 0.6 is 0 Å². The molecule has 0 aliphatic carbocycles. The summed E-state index contributed by atoms with van der Waals surface area (Å²) in [5.74, 6) is 1.67. The number of benzene rings is 1. The van der Waals surface area contributed by atoms with Crippen molar-refractivity contribution < 1.29 is 9.13 Å². The third kappa shape index (κ3) is 3.52. The number of ether oxygens (including phenoxy) is 1. The highest BCUT2D eigenvalue weighted by molar-refractivity contribution is 5.65. The van der Waals surface area contributed by atoms with Gasteiger partial charge in [0.25, 0.3) is 0 Å². The lowest BCUT2D eigenvalue weighted by atomic mass is 10.1. The van der Waals surface area contributed by atoms with Crippen molar-refractivity contribution >= 4 is 17.5 Å². The van der Waals surface area contributed by atoms with Crippen LogP contribution in [0.1, 0.15) is 11.3 Å². The molecular weight excluding hydrogens is 385 g/mol. The van der Waals surface area contributed by atoms with Crippen molar-refractivity contribution in [3.05, 3.63) is 53.7 Å². The molecule has 1 saturated heterocycles. The van der Waals surface area contributed by atoms with Gasteiger partial charge in [-0.2, -0.15) is 0 Å². The van der Waals surface area contributed by atoms with Crippen molar-refractivity contribution in [1.82, 2.24) is 19.9 Å². The predicted octanol–water partition coefficient (Wildman–Crippen LogP) is 2.47. The lowest BCUT2D eigenvalue weighted by Crippen LogP contribution is -2.37. The molecule has 3 aromatic rings. The maximum atomic E-state index is 13.2. The van der Waals surface area contributed by atoms with Crippen LogP contribution in [0.4, 0.5) is 21.8 Å². The van der Waals surface area contributed by atoms with Gasteiger partial charge >= 0.3 is 0 Å². The Morgan fingerprint density at radius 2 is 1.70 bits per heavy atom. The van der Waals surface area contributed by atoms with E-state index in [9.17, 15) is 4.39 Å². The molecule has 0 saturated carbocycles. The van der Waals surface area contributed by atoms with E-state index in [2.05, 4.69) is 20.2 Å². The largest absolute Gasteiger partial charge is 0.388 e. The Labute approximate surface area is 173 Å². The molecule has 0 radical (unpaired) electrons. The van der Waals surface area contributed by atoms with E-state index in [1.165, 1.54) is 12.4 Å². The van der Waals surface area contributed by atoms with Crippen LogP contribution in [0.5, 0.6) is 0 Å². The second-order valence-electron chi connectivity index (χ2n) is 7.28. The fourth-order valence-electron chi connectivity index (χ4n) is 3.80. The highest BCUT2D eigenvalue weighted by Gasteiger charge is 2.30. The third-order valence-electron chi connectivity index (χ3n) is 5.39. The minimum Gasteiger partial charge on any atom is -0.388 e. The van der Waals surface area contributed by atoms with E-state index in [0.717, 1.165) is 41.4 Å². The highest BCUT2D eigenvalue weighted by Crippen LogP contribution is 2.33. The molecule has 1 aromatic carbocycles. The van der Waals surface area contributed by atoms with Crippen LogP contribution in [0, 0.1) is 5.82 Å². The van der Waals surface area contributed by atoms with Crippen molar-refractivity contribution in [3.63, 3.8) is 0 Å². The number of halogens is 1. The number of fused-ring (bicyclic) bond motifs is 1. The number of aromatic nitrogens is 4. The molecule has 0 unspecified atom stereocenters. The molecule has 9 heteroatoms. The van der Waals surface area contributed by atoms with Crippen LogP contribution in [-0.2, 0) is 17.8 Å². The Hall–Kier alpha value is -3.33. The monoisotopic (exact) mass is 407 g/mol. The zero-order valence-electron chi connectivity index (χ0n) is 16.7. The topological polar surface area (TPSA) is 79.3 Å². The predicted molar refractivity (Wildman–Crippen MR) is 112 cm³/mol. The number of rotatable bonds is 4. The third-order valence-corrected chi connectivity index (χ3v) is 5.39. The summed E-state index contributed by atoms with van der Waals surface area (Å²) in [5.41, 5.74) is 4.02. The molecule has 2 aliphatic heterocycles. The second-order valence-corrected chi connectivity index (χ2v) is 7.28. The summed E-state index contributed by atoms with van der Waals surface area (Å²) in [6.07, 6.45) is 2.38. The average Bonchev–Trinajstić information content (AvgIpc) is 3.24. The molecule has 154 valence electrons. The first-order valence-corrected chi connectivity index (χ1v) is 9.94. The number of nitrogens with one attached hydrogen (secondary N) is 1. The van der Waals surface area contributed by atoms with Gasteiger partial charge < -0.3 is 19.9 Å². The number of nitrogens with zero attached hydrogens (tertiary/aromatic N) is 6. The van der Waals surface area contributed by atoms with E-state index >= 15 is 0 Å². The first kappa shape index (κ1) is 18.7.